The Morgan fingerprint density at radius 3 is 2.48 bits per heavy atom. The van der Waals surface area contributed by atoms with Gasteiger partial charge >= 0.3 is 0 Å². The van der Waals surface area contributed by atoms with E-state index >= 15 is 0 Å². The van der Waals surface area contributed by atoms with Crippen molar-refractivity contribution in [3.63, 3.8) is 0 Å². The molecule has 0 bridgehead atoms. The Hall–Kier alpha value is -0.810. The molecule has 0 heterocycles. The number of halogens is 2. The molecule has 1 saturated carbocycles. The standard InChI is InChI=1S/C15H21ClN2O2.ClH/c1-20-13(11-4-6-12(16)7-5-11)10-18-14(19)15(17)8-2-3-9-15;/h4-7,13H,2-3,8-10,17H2,1H3,(H,18,19);1H. The van der Waals surface area contributed by atoms with E-state index in [0.717, 1.165) is 31.2 Å². The Morgan fingerprint density at radius 1 is 1.38 bits per heavy atom. The number of nitrogens with one attached hydrogen (secondary N) is 1. The monoisotopic (exact) mass is 332 g/mol. The van der Waals surface area contributed by atoms with Gasteiger partial charge in [-0.2, -0.15) is 0 Å². The van der Waals surface area contributed by atoms with Crippen molar-refractivity contribution >= 4 is 29.9 Å². The van der Waals surface area contributed by atoms with E-state index in [4.69, 9.17) is 22.1 Å². The lowest BCUT2D eigenvalue weighted by atomic mass is 9.98. The molecular formula is C15H22Cl2N2O2. The van der Waals surface area contributed by atoms with E-state index in [1.165, 1.54) is 0 Å². The molecule has 1 aliphatic rings. The van der Waals surface area contributed by atoms with Crippen LogP contribution in [0.3, 0.4) is 0 Å². The number of hydrogen-bond donors (Lipinski definition) is 2. The van der Waals surface area contributed by atoms with E-state index in [9.17, 15) is 4.79 Å². The lowest BCUT2D eigenvalue weighted by Gasteiger charge is -2.24. The normalized spacial score (nSPS) is 17.9. The third-order valence-corrected chi connectivity index (χ3v) is 4.17. The van der Waals surface area contributed by atoms with Crippen molar-refractivity contribution in [2.75, 3.05) is 13.7 Å². The van der Waals surface area contributed by atoms with Crippen LogP contribution in [-0.2, 0) is 9.53 Å². The molecule has 0 aromatic heterocycles. The fraction of sp³-hybridized carbons (Fsp3) is 0.533. The Labute approximate surface area is 136 Å². The Kier molecular flexibility index (Phi) is 6.94. The fourth-order valence-corrected chi connectivity index (χ4v) is 2.74. The Bertz CT molecular complexity index is 459. The molecule has 1 atom stereocenters. The summed E-state index contributed by atoms with van der Waals surface area (Å²) in [6, 6.07) is 7.42. The summed E-state index contributed by atoms with van der Waals surface area (Å²) < 4.78 is 5.42. The lowest BCUT2D eigenvalue weighted by Crippen LogP contribution is -2.52. The van der Waals surface area contributed by atoms with Gasteiger partial charge in [-0.3, -0.25) is 4.79 Å². The number of hydrogen-bond acceptors (Lipinski definition) is 3. The van der Waals surface area contributed by atoms with Crippen LogP contribution in [-0.4, -0.2) is 25.1 Å². The molecule has 2 rings (SSSR count). The molecule has 4 nitrogen and oxygen atoms in total. The molecule has 118 valence electrons. The van der Waals surface area contributed by atoms with E-state index in [1.807, 2.05) is 24.3 Å². The highest BCUT2D eigenvalue weighted by atomic mass is 35.5. The zero-order chi connectivity index (χ0) is 14.6. The number of nitrogens with two attached hydrogens (primary N) is 1. The SMILES string of the molecule is COC(CNC(=O)C1(N)CCCC1)c1ccc(Cl)cc1.Cl. The topological polar surface area (TPSA) is 64.3 Å². The molecule has 1 aliphatic carbocycles. The molecular weight excluding hydrogens is 311 g/mol. The number of carbonyl (C=O) groups is 1. The fourth-order valence-electron chi connectivity index (χ4n) is 2.61. The predicted octanol–water partition coefficient (Wildman–Crippen LogP) is 2.84. The van der Waals surface area contributed by atoms with Crippen LogP contribution in [0.5, 0.6) is 0 Å². The minimum Gasteiger partial charge on any atom is -0.375 e. The number of benzene rings is 1. The maximum absolute atomic E-state index is 12.2. The number of amides is 1. The molecule has 0 radical (unpaired) electrons. The number of ether oxygens (including phenoxy) is 1. The molecule has 1 fully saturated rings. The van der Waals surface area contributed by atoms with Gasteiger partial charge in [0.1, 0.15) is 0 Å². The van der Waals surface area contributed by atoms with Gasteiger partial charge in [0.2, 0.25) is 5.91 Å². The molecule has 1 amide bonds. The van der Waals surface area contributed by atoms with Crippen LogP contribution in [0.2, 0.25) is 5.02 Å². The van der Waals surface area contributed by atoms with Crippen LogP contribution < -0.4 is 11.1 Å². The largest absolute Gasteiger partial charge is 0.375 e. The van der Waals surface area contributed by atoms with Gasteiger partial charge in [-0.1, -0.05) is 36.6 Å². The van der Waals surface area contributed by atoms with Crippen LogP contribution in [0.4, 0.5) is 0 Å². The number of rotatable bonds is 5. The first kappa shape index (κ1) is 18.2. The molecule has 21 heavy (non-hydrogen) atoms. The quantitative estimate of drug-likeness (QED) is 0.871. The summed E-state index contributed by atoms with van der Waals surface area (Å²) >= 11 is 5.86. The second-order valence-corrected chi connectivity index (χ2v) is 5.79. The molecule has 3 N–H and O–H groups in total. The third kappa shape index (κ3) is 4.58. The van der Waals surface area contributed by atoms with Crippen LogP contribution >= 0.6 is 24.0 Å². The predicted molar refractivity (Wildman–Crippen MR) is 86.8 cm³/mol. The van der Waals surface area contributed by atoms with Crippen LogP contribution in [0.1, 0.15) is 37.4 Å². The van der Waals surface area contributed by atoms with E-state index in [2.05, 4.69) is 5.32 Å². The van der Waals surface area contributed by atoms with E-state index in [0.29, 0.717) is 11.6 Å². The van der Waals surface area contributed by atoms with Crippen LogP contribution in [0.25, 0.3) is 0 Å². The minimum absolute atomic E-state index is 0. The van der Waals surface area contributed by atoms with Crippen molar-refractivity contribution in [3.8, 4) is 0 Å². The molecule has 0 aliphatic heterocycles. The van der Waals surface area contributed by atoms with Gasteiger partial charge in [-0.25, -0.2) is 0 Å². The first-order chi connectivity index (χ1) is 9.55. The van der Waals surface area contributed by atoms with Crippen molar-refractivity contribution < 1.29 is 9.53 Å². The second-order valence-electron chi connectivity index (χ2n) is 5.35. The van der Waals surface area contributed by atoms with Crippen molar-refractivity contribution in [1.82, 2.24) is 5.32 Å². The summed E-state index contributed by atoms with van der Waals surface area (Å²) in [5.74, 6) is -0.0778. The highest BCUT2D eigenvalue weighted by Gasteiger charge is 2.36. The molecule has 0 saturated heterocycles. The molecule has 0 spiro atoms. The van der Waals surface area contributed by atoms with Crippen molar-refractivity contribution in [1.29, 1.82) is 0 Å². The number of methoxy groups -OCH3 is 1. The van der Waals surface area contributed by atoms with Gasteiger partial charge in [-0.05, 0) is 30.5 Å². The van der Waals surface area contributed by atoms with E-state index in [-0.39, 0.29) is 24.4 Å². The van der Waals surface area contributed by atoms with Crippen molar-refractivity contribution in [2.24, 2.45) is 5.73 Å². The van der Waals surface area contributed by atoms with Gasteiger partial charge in [0.25, 0.3) is 0 Å². The Morgan fingerprint density at radius 2 is 1.95 bits per heavy atom. The first-order valence-electron chi connectivity index (χ1n) is 6.90. The molecule has 1 aromatic rings. The highest BCUT2D eigenvalue weighted by Crippen LogP contribution is 2.27. The average molecular weight is 333 g/mol. The molecule has 1 aromatic carbocycles. The summed E-state index contributed by atoms with van der Waals surface area (Å²) in [5, 5.41) is 3.59. The van der Waals surface area contributed by atoms with Crippen LogP contribution in [0, 0.1) is 0 Å². The highest BCUT2D eigenvalue weighted by molar-refractivity contribution is 6.30. The average Bonchev–Trinajstić information content (AvgIpc) is 2.89. The van der Waals surface area contributed by atoms with Gasteiger partial charge in [0.15, 0.2) is 0 Å². The summed E-state index contributed by atoms with van der Waals surface area (Å²) in [5.41, 5.74) is 6.40. The van der Waals surface area contributed by atoms with Gasteiger partial charge in [-0.15, -0.1) is 12.4 Å². The molecule has 1 unspecified atom stereocenters. The minimum atomic E-state index is -0.696. The second kappa shape index (κ2) is 7.99. The summed E-state index contributed by atoms with van der Waals surface area (Å²) in [4.78, 5) is 12.2. The number of carbonyl (C=O) groups excluding carboxylic acids is 1. The summed E-state index contributed by atoms with van der Waals surface area (Å²) in [7, 11) is 1.62. The van der Waals surface area contributed by atoms with E-state index < -0.39 is 5.54 Å². The maximum Gasteiger partial charge on any atom is 0.240 e. The van der Waals surface area contributed by atoms with Gasteiger partial charge in [0, 0.05) is 18.7 Å². The molecule has 6 heteroatoms. The summed E-state index contributed by atoms with van der Waals surface area (Å²) in [6.45, 7) is 0.413. The van der Waals surface area contributed by atoms with Gasteiger partial charge < -0.3 is 15.8 Å². The van der Waals surface area contributed by atoms with Crippen molar-refractivity contribution in [3.05, 3.63) is 34.9 Å². The Balaban J connectivity index is 0.00000220. The lowest BCUT2D eigenvalue weighted by molar-refractivity contribution is -0.126. The zero-order valence-electron chi connectivity index (χ0n) is 12.1. The first-order valence-corrected chi connectivity index (χ1v) is 7.28. The summed E-state index contributed by atoms with van der Waals surface area (Å²) in [6.07, 6.45) is 3.37. The van der Waals surface area contributed by atoms with Crippen molar-refractivity contribution in [2.45, 2.75) is 37.3 Å². The smallest absolute Gasteiger partial charge is 0.240 e. The zero-order valence-corrected chi connectivity index (χ0v) is 13.7. The third-order valence-electron chi connectivity index (χ3n) is 3.92. The van der Waals surface area contributed by atoms with Gasteiger partial charge in [0.05, 0.1) is 11.6 Å². The van der Waals surface area contributed by atoms with E-state index in [1.54, 1.807) is 7.11 Å². The van der Waals surface area contributed by atoms with Crippen LogP contribution in [0.15, 0.2) is 24.3 Å². The maximum atomic E-state index is 12.2.